The van der Waals surface area contributed by atoms with Gasteiger partial charge < -0.3 is 5.11 Å². The van der Waals surface area contributed by atoms with Crippen LogP contribution in [0.2, 0.25) is 0 Å². The molecule has 2 rings (SSSR count). The lowest BCUT2D eigenvalue weighted by Gasteiger charge is -2.19. The number of rotatable bonds is 6. The average molecular weight is 226 g/mol. The Morgan fingerprint density at radius 2 is 2.40 bits per heavy atom. The van der Waals surface area contributed by atoms with Crippen molar-refractivity contribution in [2.24, 2.45) is 0 Å². The lowest BCUT2D eigenvalue weighted by atomic mass is 10.4. The van der Waals surface area contributed by atoms with E-state index in [0.29, 0.717) is 6.04 Å². The summed E-state index contributed by atoms with van der Waals surface area (Å²) >= 11 is 1.80. The SMILES string of the molecule is CCc1ncc(CN(CCO)C2CC2)s1. The minimum absolute atomic E-state index is 0.260. The maximum absolute atomic E-state index is 8.99. The molecule has 3 nitrogen and oxygen atoms in total. The van der Waals surface area contributed by atoms with E-state index in [9.17, 15) is 0 Å². The lowest BCUT2D eigenvalue weighted by molar-refractivity contribution is 0.184. The van der Waals surface area contributed by atoms with Crippen LogP contribution in [0.4, 0.5) is 0 Å². The van der Waals surface area contributed by atoms with E-state index in [4.69, 9.17) is 5.11 Å². The molecule has 0 spiro atoms. The van der Waals surface area contributed by atoms with Gasteiger partial charge in [-0.05, 0) is 19.3 Å². The maximum Gasteiger partial charge on any atom is 0.0925 e. The first-order valence-electron chi connectivity index (χ1n) is 5.62. The largest absolute Gasteiger partial charge is 0.395 e. The fraction of sp³-hybridized carbons (Fsp3) is 0.727. The van der Waals surface area contributed by atoms with E-state index in [1.807, 2.05) is 6.20 Å². The summed E-state index contributed by atoms with van der Waals surface area (Å²) in [4.78, 5) is 8.05. The molecule has 1 aromatic heterocycles. The summed E-state index contributed by atoms with van der Waals surface area (Å²) in [5, 5.41) is 10.2. The third-order valence-corrected chi connectivity index (χ3v) is 3.84. The Labute approximate surface area is 94.8 Å². The number of aryl methyl sites for hydroxylation is 1. The first kappa shape index (κ1) is 11.0. The second-order valence-electron chi connectivity index (χ2n) is 4.00. The number of aliphatic hydroxyl groups excluding tert-OH is 1. The molecule has 84 valence electrons. The predicted octanol–water partition coefficient (Wildman–Crippen LogP) is 1.66. The van der Waals surface area contributed by atoms with Crippen molar-refractivity contribution in [1.82, 2.24) is 9.88 Å². The Morgan fingerprint density at radius 3 is 2.93 bits per heavy atom. The minimum Gasteiger partial charge on any atom is -0.395 e. The molecule has 0 atom stereocenters. The maximum atomic E-state index is 8.99. The number of hydrogen-bond donors (Lipinski definition) is 1. The topological polar surface area (TPSA) is 36.4 Å². The number of hydrogen-bond acceptors (Lipinski definition) is 4. The number of nitrogens with zero attached hydrogens (tertiary/aromatic N) is 2. The molecule has 1 N–H and O–H groups in total. The van der Waals surface area contributed by atoms with Crippen molar-refractivity contribution in [2.75, 3.05) is 13.2 Å². The molecule has 1 aromatic rings. The van der Waals surface area contributed by atoms with Crippen LogP contribution < -0.4 is 0 Å². The zero-order valence-electron chi connectivity index (χ0n) is 9.15. The fourth-order valence-electron chi connectivity index (χ4n) is 1.74. The predicted molar refractivity (Wildman–Crippen MR) is 62.0 cm³/mol. The van der Waals surface area contributed by atoms with Gasteiger partial charge in [0.05, 0.1) is 11.6 Å². The molecule has 0 unspecified atom stereocenters. The van der Waals surface area contributed by atoms with Gasteiger partial charge in [-0.3, -0.25) is 4.90 Å². The second-order valence-corrected chi connectivity index (χ2v) is 5.20. The smallest absolute Gasteiger partial charge is 0.0925 e. The Kier molecular flexibility index (Phi) is 3.72. The standard InChI is InChI=1S/C11H18N2OS/c1-2-11-12-7-10(15-11)8-13(5-6-14)9-3-4-9/h7,9,14H,2-6,8H2,1H3. The average Bonchev–Trinajstić information content (AvgIpc) is 2.99. The quantitative estimate of drug-likeness (QED) is 0.801. The summed E-state index contributed by atoms with van der Waals surface area (Å²) in [5.41, 5.74) is 0. The van der Waals surface area contributed by atoms with E-state index in [1.54, 1.807) is 11.3 Å². The van der Waals surface area contributed by atoms with Crippen molar-refractivity contribution in [1.29, 1.82) is 0 Å². The molecule has 1 heterocycles. The molecule has 0 radical (unpaired) electrons. The summed E-state index contributed by atoms with van der Waals surface area (Å²) < 4.78 is 0. The molecule has 0 bridgehead atoms. The van der Waals surface area contributed by atoms with Crippen LogP contribution in [-0.2, 0) is 13.0 Å². The van der Waals surface area contributed by atoms with Crippen LogP contribution in [0.5, 0.6) is 0 Å². The summed E-state index contributed by atoms with van der Waals surface area (Å²) in [6, 6.07) is 0.712. The highest BCUT2D eigenvalue weighted by atomic mass is 32.1. The normalized spacial score (nSPS) is 16.2. The lowest BCUT2D eigenvalue weighted by Crippen LogP contribution is -2.28. The van der Waals surface area contributed by atoms with Crippen LogP contribution in [-0.4, -0.2) is 34.2 Å². The Balaban J connectivity index is 1.92. The van der Waals surface area contributed by atoms with Crippen molar-refractivity contribution >= 4 is 11.3 Å². The van der Waals surface area contributed by atoms with Gasteiger partial charge in [0.25, 0.3) is 0 Å². The van der Waals surface area contributed by atoms with Crippen molar-refractivity contribution in [2.45, 2.75) is 38.8 Å². The van der Waals surface area contributed by atoms with Crippen LogP contribution >= 0.6 is 11.3 Å². The summed E-state index contributed by atoms with van der Waals surface area (Å²) in [5.74, 6) is 0. The van der Waals surface area contributed by atoms with Gasteiger partial charge >= 0.3 is 0 Å². The molecule has 0 aliphatic heterocycles. The molecule has 1 aliphatic carbocycles. The van der Waals surface area contributed by atoms with Gasteiger partial charge in [-0.15, -0.1) is 11.3 Å². The highest BCUT2D eigenvalue weighted by Crippen LogP contribution is 2.28. The summed E-state index contributed by atoms with van der Waals surface area (Å²) in [7, 11) is 0. The third-order valence-electron chi connectivity index (χ3n) is 2.71. The number of thiazole rings is 1. The van der Waals surface area contributed by atoms with E-state index in [1.165, 1.54) is 22.7 Å². The van der Waals surface area contributed by atoms with E-state index < -0.39 is 0 Å². The molecule has 0 amide bonds. The van der Waals surface area contributed by atoms with Crippen molar-refractivity contribution in [3.63, 3.8) is 0 Å². The molecular formula is C11H18N2OS. The molecule has 0 saturated heterocycles. The van der Waals surface area contributed by atoms with Gasteiger partial charge in [0, 0.05) is 30.2 Å². The molecule has 4 heteroatoms. The van der Waals surface area contributed by atoms with E-state index >= 15 is 0 Å². The van der Waals surface area contributed by atoms with Crippen LogP contribution in [0.15, 0.2) is 6.20 Å². The zero-order chi connectivity index (χ0) is 10.7. The van der Waals surface area contributed by atoms with Crippen LogP contribution in [0.25, 0.3) is 0 Å². The van der Waals surface area contributed by atoms with Gasteiger partial charge in [-0.2, -0.15) is 0 Å². The molecule has 1 aliphatic rings. The monoisotopic (exact) mass is 226 g/mol. The Bertz CT molecular complexity index is 309. The van der Waals surface area contributed by atoms with Gasteiger partial charge in [0.1, 0.15) is 0 Å². The van der Waals surface area contributed by atoms with E-state index in [0.717, 1.165) is 19.5 Å². The fourth-order valence-corrected chi connectivity index (χ4v) is 2.63. The first-order chi connectivity index (χ1) is 7.33. The molecular weight excluding hydrogens is 208 g/mol. The summed E-state index contributed by atoms with van der Waals surface area (Å²) in [6.45, 7) is 4.15. The highest BCUT2D eigenvalue weighted by Gasteiger charge is 2.28. The second kappa shape index (κ2) is 5.05. The highest BCUT2D eigenvalue weighted by molar-refractivity contribution is 7.11. The summed E-state index contributed by atoms with van der Waals surface area (Å²) in [6.07, 6.45) is 5.59. The van der Waals surface area contributed by atoms with Gasteiger partial charge in [0.15, 0.2) is 0 Å². The van der Waals surface area contributed by atoms with Crippen molar-refractivity contribution in [3.05, 3.63) is 16.1 Å². The van der Waals surface area contributed by atoms with Crippen LogP contribution in [0, 0.1) is 0 Å². The van der Waals surface area contributed by atoms with Crippen molar-refractivity contribution < 1.29 is 5.11 Å². The zero-order valence-corrected chi connectivity index (χ0v) is 9.96. The number of aliphatic hydroxyl groups is 1. The third kappa shape index (κ3) is 3.00. The van der Waals surface area contributed by atoms with Gasteiger partial charge in [-0.25, -0.2) is 4.98 Å². The Morgan fingerprint density at radius 1 is 1.60 bits per heavy atom. The Hall–Kier alpha value is -0.450. The molecule has 15 heavy (non-hydrogen) atoms. The van der Waals surface area contributed by atoms with E-state index in [-0.39, 0.29) is 6.61 Å². The van der Waals surface area contributed by atoms with Crippen molar-refractivity contribution in [3.8, 4) is 0 Å². The van der Waals surface area contributed by atoms with Crippen LogP contribution in [0.3, 0.4) is 0 Å². The van der Waals surface area contributed by atoms with Crippen LogP contribution in [0.1, 0.15) is 29.7 Å². The molecule has 1 fully saturated rings. The molecule has 1 saturated carbocycles. The minimum atomic E-state index is 0.260. The molecule has 0 aromatic carbocycles. The van der Waals surface area contributed by atoms with E-state index in [2.05, 4.69) is 16.8 Å². The van der Waals surface area contributed by atoms with Gasteiger partial charge in [-0.1, -0.05) is 6.92 Å². The first-order valence-corrected chi connectivity index (χ1v) is 6.43. The van der Waals surface area contributed by atoms with Gasteiger partial charge in [0.2, 0.25) is 0 Å². The number of aromatic nitrogens is 1.